The fourth-order valence-corrected chi connectivity index (χ4v) is 2.29. The summed E-state index contributed by atoms with van der Waals surface area (Å²) in [5.41, 5.74) is 1.80. The third kappa shape index (κ3) is 3.80. The molecule has 5 nitrogen and oxygen atoms in total. The molecule has 114 valence electrons. The monoisotopic (exact) mass is 341 g/mol. The molecule has 1 N–H and O–H groups in total. The van der Waals surface area contributed by atoms with E-state index in [4.69, 9.17) is 23.8 Å². The first-order valence-corrected chi connectivity index (χ1v) is 7.57. The number of rotatable bonds is 4. The van der Waals surface area contributed by atoms with E-state index in [1.165, 1.54) is 10.9 Å². The molecule has 0 unspecified atom stereocenters. The van der Waals surface area contributed by atoms with Crippen molar-refractivity contribution in [3.8, 4) is 11.4 Å². The molecule has 7 heteroatoms. The molecule has 23 heavy (non-hydrogen) atoms. The van der Waals surface area contributed by atoms with Gasteiger partial charge in [-0.3, -0.25) is 4.98 Å². The second kappa shape index (κ2) is 7.13. The fraction of sp³-hybridized carbons (Fsp3) is 0. The molecule has 0 aliphatic heterocycles. The number of hydrogen-bond donors (Lipinski definition) is 1. The molecule has 0 bridgehead atoms. The Hall–Kier alpha value is -2.57. The Morgan fingerprint density at radius 2 is 2.04 bits per heavy atom. The van der Waals surface area contributed by atoms with Crippen LogP contribution in [-0.2, 0) is 0 Å². The first kappa shape index (κ1) is 15.3. The Balaban J connectivity index is 1.90. The van der Waals surface area contributed by atoms with Gasteiger partial charge in [0.25, 0.3) is 0 Å². The lowest BCUT2D eigenvalue weighted by Crippen LogP contribution is -1.94. The summed E-state index contributed by atoms with van der Waals surface area (Å²) in [6, 6.07) is 13.5. The third-order valence-corrected chi connectivity index (χ3v) is 3.44. The zero-order chi connectivity index (χ0) is 16.1. The van der Waals surface area contributed by atoms with E-state index < -0.39 is 0 Å². The van der Waals surface area contributed by atoms with Crippen molar-refractivity contribution in [1.82, 2.24) is 19.9 Å². The predicted octanol–water partition coefficient (Wildman–Crippen LogP) is 4.12. The molecule has 0 fully saturated rings. The number of nitrogens with zero attached hydrogens (tertiary/aromatic N) is 4. The Labute approximate surface area is 143 Å². The summed E-state index contributed by atoms with van der Waals surface area (Å²) in [5, 5.41) is 11.7. The minimum atomic E-state index is 0.379. The average molecular weight is 342 g/mol. The summed E-state index contributed by atoms with van der Waals surface area (Å²) in [7, 11) is 0. The Bertz CT molecular complexity index is 897. The van der Waals surface area contributed by atoms with E-state index in [-0.39, 0.29) is 0 Å². The van der Waals surface area contributed by atoms with Crippen molar-refractivity contribution in [1.29, 1.82) is 0 Å². The van der Waals surface area contributed by atoms with Crippen LogP contribution in [0, 0.1) is 4.77 Å². The summed E-state index contributed by atoms with van der Waals surface area (Å²) in [4.78, 5) is 4.07. The van der Waals surface area contributed by atoms with Crippen LogP contribution in [0.1, 0.15) is 5.56 Å². The smallest absolute Gasteiger partial charge is 0.216 e. The van der Waals surface area contributed by atoms with Crippen molar-refractivity contribution >= 4 is 36.1 Å². The molecule has 0 aliphatic carbocycles. The molecule has 0 saturated carbocycles. The van der Waals surface area contributed by atoms with Crippen LogP contribution < -0.4 is 0 Å². The minimum absolute atomic E-state index is 0.379. The van der Waals surface area contributed by atoms with Gasteiger partial charge in [-0.1, -0.05) is 41.9 Å². The molecule has 0 amide bonds. The van der Waals surface area contributed by atoms with Gasteiger partial charge in [0.05, 0.1) is 11.2 Å². The van der Waals surface area contributed by atoms with Gasteiger partial charge < -0.3 is 0 Å². The van der Waals surface area contributed by atoms with Crippen LogP contribution in [0.5, 0.6) is 0 Å². The standard InChI is InChI=1S/C16H12ClN5S/c17-14(9-12-5-2-1-3-6-12)11-19-22-15(20-21-16(22)23)13-7-4-8-18-10-13/h1-11H,(H,21,23)/b14-9+,19-11+. The third-order valence-electron chi connectivity index (χ3n) is 2.97. The number of nitrogens with one attached hydrogen (secondary N) is 1. The molecule has 3 aromatic rings. The zero-order valence-corrected chi connectivity index (χ0v) is 13.5. The molecule has 2 aromatic heterocycles. The minimum Gasteiger partial charge on any atom is -0.264 e. The van der Waals surface area contributed by atoms with Crippen LogP contribution in [-0.4, -0.2) is 26.1 Å². The van der Waals surface area contributed by atoms with Crippen molar-refractivity contribution in [2.24, 2.45) is 5.10 Å². The van der Waals surface area contributed by atoms with Crippen LogP contribution in [0.25, 0.3) is 17.5 Å². The van der Waals surface area contributed by atoms with Gasteiger partial charge in [0, 0.05) is 18.0 Å². The second-order valence-electron chi connectivity index (χ2n) is 4.59. The molecule has 3 rings (SSSR count). The molecule has 0 spiro atoms. The average Bonchev–Trinajstić information content (AvgIpc) is 2.95. The summed E-state index contributed by atoms with van der Waals surface area (Å²) in [5.74, 6) is 0.573. The van der Waals surface area contributed by atoms with E-state index in [1.54, 1.807) is 12.4 Å². The normalized spacial score (nSPS) is 12.0. The van der Waals surface area contributed by atoms with Gasteiger partial charge in [0.1, 0.15) is 0 Å². The first-order chi connectivity index (χ1) is 11.2. The lowest BCUT2D eigenvalue weighted by molar-refractivity contribution is 0.871. The summed E-state index contributed by atoms with van der Waals surface area (Å²) in [6.45, 7) is 0. The van der Waals surface area contributed by atoms with Crippen LogP contribution in [0.15, 0.2) is 65.0 Å². The molecular weight excluding hydrogens is 330 g/mol. The van der Waals surface area contributed by atoms with Crippen molar-refractivity contribution in [3.63, 3.8) is 0 Å². The van der Waals surface area contributed by atoms with Crippen molar-refractivity contribution in [2.45, 2.75) is 0 Å². The van der Waals surface area contributed by atoms with Gasteiger partial charge in [0.2, 0.25) is 4.77 Å². The number of allylic oxidation sites excluding steroid dienone is 1. The molecule has 0 atom stereocenters. The Morgan fingerprint density at radius 1 is 1.22 bits per heavy atom. The summed E-state index contributed by atoms with van der Waals surface area (Å²) >= 11 is 11.4. The molecule has 0 radical (unpaired) electrons. The van der Waals surface area contributed by atoms with Crippen LogP contribution in [0.2, 0.25) is 0 Å². The van der Waals surface area contributed by atoms with E-state index in [1.807, 2.05) is 48.5 Å². The van der Waals surface area contributed by atoms with Gasteiger partial charge in [-0.05, 0) is 36.0 Å². The van der Waals surface area contributed by atoms with Gasteiger partial charge in [-0.2, -0.15) is 14.9 Å². The topological polar surface area (TPSA) is 58.9 Å². The quantitative estimate of drug-likeness (QED) is 0.573. The molecule has 2 heterocycles. The van der Waals surface area contributed by atoms with Gasteiger partial charge in [-0.25, -0.2) is 5.10 Å². The van der Waals surface area contributed by atoms with E-state index in [0.29, 0.717) is 15.6 Å². The van der Waals surface area contributed by atoms with Crippen molar-refractivity contribution < 1.29 is 0 Å². The summed E-state index contributed by atoms with van der Waals surface area (Å²) < 4.78 is 1.89. The lowest BCUT2D eigenvalue weighted by Gasteiger charge is -1.99. The van der Waals surface area contributed by atoms with Crippen LogP contribution in [0.3, 0.4) is 0 Å². The summed E-state index contributed by atoms with van der Waals surface area (Å²) in [6.07, 6.45) is 6.73. The first-order valence-electron chi connectivity index (χ1n) is 6.78. The number of pyridine rings is 1. The molecule has 1 aromatic carbocycles. The van der Waals surface area contributed by atoms with Crippen molar-refractivity contribution in [2.75, 3.05) is 0 Å². The number of hydrogen-bond acceptors (Lipinski definition) is 4. The highest BCUT2D eigenvalue weighted by Gasteiger charge is 2.07. The number of benzene rings is 1. The molecule has 0 saturated heterocycles. The second-order valence-corrected chi connectivity index (χ2v) is 5.41. The maximum absolute atomic E-state index is 6.20. The highest BCUT2D eigenvalue weighted by atomic mass is 35.5. The molecule has 0 aliphatic rings. The highest BCUT2D eigenvalue weighted by Crippen LogP contribution is 2.16. The van der Waals surface area contributed by atoms with E-state index in [9.17, 15) is 0 Å². The van der Waals surface area contributed by atoms with E-state index in [2.05, 4.69) is 20.3 Å². The van der Waals surface area contributed by atoms with E-state index >= 15 is 0 Å². The maximum atomic E-state index is 6.20. The lowest BCUT2D eigenvalue weighted by atomic mass is 10.2. The van der Waals surface area contributed by atoms with Gasteiger partial charge >= 0.3 is 0 Å². The van der Waals surface area contributed by atoms with Crippen LogP contribution >= 0.6 is 23.8 Å². The molecular formula is C16H12ClN5S. The predicted molar refractivity (Wildman–Crippen MR) is 94.8 cm³/mol. The number of H-pyrrole nitrogens is 1. The van der Waals surface area contributed by atoms with Gasteiger partial charge in [-0.15, -0.1) is 0 Å². The zero-order valence-electron chi connectivity index (χ0n) is 11.9. The Kier molecular flexibility index (Phi) is 4.75. The van der Waals surface area contributed by atoms with E-state index in [0.717, 1.165) is 11.1 Å². The number of aromatic nitrogens is 4. The SMILES string of the molecule is S=c1[nH]nc(-c2cccnc2)n1/N=C/C(Cl)=C\c1ccccc1. The number of halogens is 1. The highest BCUT2D eigenvalue weighted by molar-refractivity contribution is 7.71. The maximum Gasteiger partial charge on any atom is 0.216 e. The van der Waals surface area contributed by atoms with Crippen LogP contribution in [0.4, 0.5) is 0 Å². The Morgan fingerprint density at radius 3 is 2.78 bits per heavy atom. The largest absolute Gasteiger partial charge is 0.264 e. The van der Waals surface area contributed by atoms with Crippen molar-refractivity contribution in [3.05, 3.63) is 70.2 Å². The fourth-order valence-electron chi connectivity index (χ4n) is 1.94. The van der Waals surface area contributed by atoms with Gasteiger partial charge in [0.15, 0.2) is 5.82 Å². The number of aromatic amines is 1.